The molecule has 4 rings (SSSR count). The van der Waals surface area contributed by atoms with Crippen molar-refractivity contribution in [2.45, 2.75) is 24.8 Å². The van der Waals surface area contributed by atoms with Crippen molar-refractivity contribution in [3.05, 3.63) is 94.4 Å². The van der Waals surface area contributed by atoms with Gasteiger partial charge in [0.15, 0.2) is 0 Å². The Hall–Kier alpha value is -3.85. The molecule has 8 nitrogen and oxygen atoms in total. The maximum atomic E-state index is 12.8. The van der Waals surface area contributed by atoms with E-state index in [4.69, 9.17) is 0 Å². The van der Waals surface area contributed by atoms with E-state index in [1.807, 2.05) is 44.2 Å². The Morgan fingerprint density at radius 1 is 0.879 bits per heavy atom. The first-order valence-corrected chi connectivity index (χ1v) is 11.9. The zero-order chi connectivity index (χ0) is 23.6. The van der Waals surface area contributed by atoms with Gasteiger partial charge in [-0.2, -0.15) is 0 Å². The summed E-state index contributed by atoms with van der Waals surface area (Å²) in [5.41, 5.74) is 2.26. The van der Waals surface area contributed by atoms with Crippen molar-refractivity contribution in [3.63, 3.8) is 0 Å². The molecule has 0 bridgehead atoms. The van der Waals surface area contributed by atoms with Gasteiger partial charge in [-0.05, 0) is 53.9 Å². The molecule has 0 saturated heterocycles. The van der Waals surface area contributed by atoms with Gasteiger partial charge >= 0.3 is 5.69 Å². The van der Waals surface area contributed by atoms with Crippen LogP contribution in [-0.2, 0) is 10.0 Å². The molecule has 0 aliphatic rings. The number of H-pyrrole nitrogens is 2. The van der Waals surface area contributed by atoms with Gasteiger partial charge < -0.3 is 15.3 Å². The van der Waals surface area contributed by atoms with Gasteiger partial charge in [0.1, 0.15) is 0 Å². The summed E-state index contributed by atoms with van der Waals surface area (Å²) in [6.45, 7) is 4.08. The second-order valence-corrected chi connectivity index (χ2v) is 9.76. The van der Waals surface area contributed by atoms with Crippen LogP contribution in [0.15, 0.2) is 82.5 Å². The van der Waals surface area contributed by atoms with Crippen molar-refractivity contribution in [3.8, 4) is 0 Å². The summed E-state index contributed by atoms with van der Waals surface area (Å²) in [4.78, 5) is 29.3. The number of benzene rings is 3. The summed E-state index contributed by atoms with van der Waals surface area (Å²) >= 11 is 0. The van der Waals surface area contributed by atoms with Gasteiger partial charge in [-0.15, -0.1) is 0 Å². The SMILES string of the molecule is CC(C)C(NC(=O)c1ccc(NS(=O)(=O)c2ccc3[nH]c(=O)[nH]c3c2)cc1)c1ccccc1. The van der Waals surface area contributed by atoms with E-state index in [1.54, 1.807) is 12.1 Å². The number of imidazole rings is 1. The lowest BCUT2D eigenvalue weighted by Gasteiger charge is -2.23. The molecule has 1 aromatic heterocycles. The first-order valence-electron chi connectivity index (χ1n) is 10.4. The summed E-state index contributed by atoms with van der Waals surface area (Å²) < 4.78 is 28.0. The molecule has 0 spiro atoms. The second kappa shape index (κ2) is 8.95. The lowest BCUT2D eigenvalue weighted by atomic mass is 9.95. The minimum Gasteiger partial charge on any atom is -0.345 e. The van der Waals surface area contributed by atoms with Crippen LogP contribution in [0.4, 0.5) is 5.69 Å². The fourth-order valence-electron chi connectivity index (χ4n) is 3.60. The molecule has 9 heteroatoms. The van der Waals surface area contributed by atoms with Gasteiger partial charge in [0.25, 0.3) is 15.9 Å². The number of rotatable bonds is 7. The van der Waals surface area contributed by atoms with Gasteiger partial charge in [-0.1, -0.05) is 44.2 Å². The van der Waals surface area contributed by atoms with Crippen molar-refractivity contribution >= 4 is 32.7 Å². The lowest BCUT2D eigenvalue weighted by molar-refractivity contribution is 0.0925. The van der Waals surface area contributed by atoms with E-state index in [1.165, 1.54) is 30.3 Å². The predicted octanol–water partition coefficient (Wildman–Crippen LogP) is 3.78. The Bertz CT molecular complexity index is 1440. The summed E-state index contributed by atoms with van der Waals surface area (Å²) in [6.07, 6.45) is 0. The third-order valence-electron chi connectivity index (χ3n) is 5.31. The molecule has 1 unspecified atom stereocenters. The van der Waals surface area contributed by atoms with E-state index < -0.39 is 15.7 Å². The molecule has 4 aromatic rings. The minimum absolute atomic E-state index is 0.00899. The van der Waals surface area contributed by atoms with Crippen LogP contribution in [0.5, 0.6) is 0 Å². The number of fused-ring (bicyclic) bond motifs is 1. The lowest BCUT2D eigenvalue weighted by Crippen LogP contribution is -2.31. The van der Waals surface area contributed by atoms with Crippen molar-refractivity contribution in [1.82, 2.24) is 15.3 Å². The zero-order valence-electron chi connectivity index (χ0n) is 18.1. The molecule has 3 aromatic carbocycles. The molecular weight excluding hydrogens is 440 g/mol. The zero-order valence-corrected chi connectivity index (χ0v) is 18.9. The summed E-state index contributed by atoms with van der Waals surface area (Å²) in [7, 11) is -3.88. The van der Waals surface area contributed by atoms with Crippen LogP contribution in [-0.4, -0.2) is 24.3 Å². The predicted molar refractivity (Wildman–Crippen MR) is 128 cm³/mol. The van der Waals surface area contributed by atoms with E-state index in [-0.39, 0.29) is 22.8 Å². The molecule has 1 atom stereocenters. The Morgan fingerprint density at radius 2 is 1.55 bits per heavy atom. The molecule has 170 valence electrons. The Balaban J connectivity index is 1.49. The quantitative estimate of drug-likeness (QED) is 0.332. The van der Waals surface area contributed by atoms with Gasteiger partial charge in [0.2, 0.25) is 0 Å². The van der Waals surface area contributed by atoms with Crippen LogP contribution in [0.25, 0.3) is 11.0 Å². The van der Waals surface area contributed by atoms with Crippen molar-refractivity contribution < 1.29 is 13.2 Å². The maximum absolute atomic E-state index is 12.8. The highest BCUT2D eigenvalue weighted by atomic mass is 32.2. The van der Waals surface area contributed by atoms with Crippen molar-refractivity contribution in [1.29, 1.82) is 0 Å². The number of hydrogen-bond donors (Lipinski definition) is 4. The molecular formula is C24H24N4O4S. The molecule has 0 aliphatic carbocycles. The Labute approximate surface area is 191 Å². The number of anilines is 1. The molecule has 0 fully saturated rings. The highest BCUT2D eigenvalue weighted by Gasteiger charge is 2.20. The van der Waals surface area contributed by atoms with E-state index in [2.05, 4.69) is 20.0 Å². The third kappa shape index (κ3) is 4.98. The van der Waals surface area contributed by atoms with Crippen LogP contribution in [0.1, 0.15) is 35.8 Å². The first kappa shape index (κ1) is 22.3. The second-order valence-electron chi connectivity index (χ2n) is 8.08. The number of carbonyl (C=O) groups is 1. The largest absolute Gasteiger partial charge is 0.345 e. The van der Waals surface area contributed by atoms with Crippen LogP contribution in [0.2, 0.25) is 0 Å². The topological polar surface area (TPSA) is 124 Å². The van der Waals surface area contributed by atoms with E-state index in [0.717, 1.165) is 5.56 Å². The number of amides is 1. The minimum atomic E-state index is -3.88. The van der Waals surface area contributed by atoms with Crippen molar-refractivity contribution in [2.75, 3.05) is 4.72 Å². The smallest absolute Gasteiger partial charge is 0.323 e. The summed E-state index contributed by atoms with van der Waals surface area (Å²) in [5, 5.41) is 3.05. The molecule has 1 heterocycles. The molecule has 0 radical (unpaired) electrons. The molecule has 4 N–H and O–H groups in total. The van der Waals surface area contributed by atoms with Crippen molar-refractivity contribution in [2.24, 2.45) is 5.92 Å². The third-order valence-corrected chi connectivity index (χ3v) is 6.69. The summed E-state index contributed by atoms with van der Waals surface area (Å²) in [5.74, 6) is -0.0523. The fraction of sp³-hybridized carbons (Fsp3) is 0.167. The average Bonchev–Trinajstić information content (AvgIpc) is 3.17. The monoisotopic (exact) mass is 464 g/mol. The fourth-order valence-corrected chi connectivity index (χ4v) is 4.69. The number of carbonyl (C=O) groups excluding carboxylic acids is 1. The number of hydrogen-bond acceptors (Lipinski definition) is 4. The van der Waals surface area contributed by atoms with E-state index in [9.17, 15) is 18.0 Å². The van der Waals surface area contributed by atoms with E-state index in [0.29, 0.717) is 22.3 Å². The van der Waals surface area contributed by atoms with Gasteiger partial charge in [-0.3, -0.25) is 9.52 Å². The highest BCUT2D eigenvalue weighted by Crippen LogP contribution is 2.23. The van der Waals surface area contributed by atoms with Gasteiger partial charge in [0.05, 0.1) is 22.0 Å². The first-order chi connectivity index (χ1) is 15.7. The number of sulfonamides is 1. The maximum Gasteiger partial charge on any atom is 0.323 e. The number of aromatic nitrogens is 2. The molecule has 1 amide bonds. The molecule has 33 heavy (non-hydrogen) atoms. The molecule has 0 saturated carbocycles. The van der Waals surface area contributed by atoms with E-state index >= 15 is 0 Å². The number of nitrogens with one attached hydrogen (secondary N) is 4. The number of aromatic amines is 2. The van der Waals surface area contributed by atoms with Crippen LogP contribution >= 0.6 is 0 Å². The standard InChI is InChI=1S/C24H24N4O4S/c1-15(2)22(16-6-4-3-5-7-16)27-23(29)17-8-10-18(11-9-17)28-33(31,32)19-12-13-20-21(14-19)26-24(30)25-20/h3-15,22,28H,1-2H3,(H,27,29)(H2,25,26,30). The molecule has 0 aliphatic heterocycles. The van der Waals surface area contributed by atoms with Crippen LogP contribution in [0, 0.1) is 5.92 Å². The van der Waals surface area contributed by atoms with Gasteiger partial charge in [-0.25, -0.2) is 13.2 Å². The van der Waals surface area contributed by atoms with Gasteiger partial charge in [0, 0.05) is 11.3 Å². The highest BCUT2D eigenvalue weighted by molar-refractivity contribution is 7.92. The van der Waals surface area contributed by atoms with Crippen LogP contribution in [0.3, 0.4) is 0 Å². The normalized spacial score (nSPS) is 12.6. The summed E-state index contributed by atoms with van der Waals surface area (Å²) in [6, 6.07) is 20.1. The Morgan fingerprint density at radius 3 is 2.21 bits per heavy atom. The average molecular weight is 465 g/mol. The van der Waals surface area contributed by atoms with Crippen LogP contribution < -0.4 is 15.7 Å². The Kier molecular flexibility index (Phi) is 6.06.